The third-order valence-electron chi connectivity index (χ3n) is 11.9. The SMILES string of the molecule is CC(=O)OC(CC=C(C)C(=O)O)C(C)C1CC(OC(C)=O)C2(C)C3=CCC4C(C)(C)C(=O)CCC4(C)C3=CCC12C. The lowest BCUT2D eigenvalue weighted by Crippen LogP contribution is -2.55. The summed E-state index contributed by atoms with van der Waals surface area (Å²) in [4.78, 5) is 49.0. The lowest BCUT2D eigenvalue weighted by atomic mass is 9.44. The Labute approximate surface area is 244 Å². The molecule has 4 aliphatic carbocycles. The Morgan fingerprint density at radius 1 is 1.05 bits per heavy atom. The summed E-state index contributed by atoms with van der Waals surface area (Å²) in [6, 6.07) is 0. The molecule has 0 spiro atoms. The summed E-state index contributed by atoms with van der Waals surface area (Å²) in [6.07, 6.45) is 9.34. The molecule has 0 bridgehead atoms. The maximum absolute atomic E-state index is 13.0. The Bertz CT molecular complexity index is 1240. The predicted octanol–water partition coefficient (Wildman–Crippen LogP) is 6.61. The van der Waals surface area contributed by atoms with Gasteiger partial charge in [0, 0.05) is 43.1 Å². The smallest absolute Gasteiger partial charge is 0.330 e. The fourth-order valence-corrected chi connectivity index (χ4v) is 9.25. The van der Waals surface area contributed by atoms with E-state index in [1.165, 1.54) is 25.0 Å². The zero-order valence-corrected chi connectivity index (χ0v) is 26.3. The van der Waals surface area contributed by atoms with Crippen LogP contribution in [0.15, 0.2) is 34.9 Å². The fourth-order valence-electron chi connectivity index (χ4n) is 9.25. The quantitative estimate of drug-likeness (QED) is 0.272. The molecule has 7 nitrogen and oxygen atoms in total. The second-order valence-electron chi connectivity index (χ2n) is 14.3. The highest BCUT2D eigenvalue weighted by Gasteiger charge is 2.68. The van der Waals surface area contributed by atoms with Crippen molar-refractivity contribution >= 4 is 23.7 Å². The highest BCUT2D eigenvalue weighted by atomic mass is 16.5. The summed E-state index contributed by atoms with van der Waals surface area (Å²) < 4.78 is 11.9. The van der Waals surface area contributed by atoms with Crippen molar-refractivity contribution in [2.45, 2.75) is 113 Å². The molecule has 0 amide bonds. The molecule has 0 aromatic carbocycles. The molecule has 2 saturated carbocycles. The second-order valence-corrected chi connectivity index (χ2v) is 14.3. The van der Waals surface area contributed by atoms with Crippen LogP contribution < -0.4 is 0 Å². The number of fused-ring (bicyclic) bond motifs is 5. The molecule has 4 aliphatic rings. The molecule has 4 rings (SSSR count). The van der Waals surface area contributed by atoms with E-state index >= 15 is 0 Å². The van der Waals surface area contributed by atoms with E-state index in [2.05, 4.69) is 53.7 Å². The van der Waals surface area contributed by atoms with E-state index in [9.17, 15) is 24.3 Å². The van der Waals surface area contributed by atoms with Crippen LogP contribution in [0.4, 0.5) is 0 Å². The molecule has 226 valence electrons. The summed E-state index contributed by atoms with van der Waals surface area (Å²) in [5.41, 5.74) is 1.42. The minimum Gasteiger partial charge on any atom is -0.478 e. The molecule has 0 radical (unpaired) electrons. The van der Waals surface area contributed by atoms with Crippen LogP contribution in [0.1, 0.15) is 101 Å². The number of ether oxygens (including phenoxy) is 2. The largest absolute Gasteiger partial charge is 0.478 e. The molecular formula is C34H48O7. The summed E-state index contributed by atoms with van der Waals surface area (Å²) in [6.45, 7) is 17.5. The van der Waals surface area contributed by atoms with Gasteiger partial charge >= 0.3 is 17.9 Å². The minimum absolute atomic E-state index is 0.0355. The topological polar surface area (TPSA) is 107 Å². The van der Waals surface area contributed by atoms with Crippen LogP contribution in [0, 0.1) is 39.4 Å². The molecule has 1 N–H and O–H groups in total. The van der Waals surface area contributed by atoms with Gasteiger partial charge in [0.15, 0.2) is 0 Å². The van der Waals surface area contributed by atoms with E-state index in [4.69, 9.17) is 9.47 Å². The number of Topliss-reactive ketones (excluding diaryl/α,β-unsaturated/α-hetero) is 1. The van der Waals surface area contributed by atoms with Gasteiger partial charge in [0.2, 0.25) is 0 Å². The van der Waals surface area contributed by atoms with Crippen LogP contribution in [-0.4, -0.2) is 41.0 Å². The van der Waals surface area contributed by atoms with Crippen molar-refractivity contribution in [2.75, 3.05) is 0 Å². The van der Waals surface area contributed by atoms with Gasteiger partial charge in [0.1, 0.15) is 18.0 Å². The van der Waals surface area contributed by atoms with Crippen molar-refractivity contribution in [3.63, 3.8) is 0 Å². The van der Waals surface area contributed by atoms with E-state index in [1.807, 2.05) is 0 Å². The van der Waals surface area contributed by atoms with E-state index < -0.39 is 28.9 Å². The van der Waals surface area contributed by atoms with E-state index in [0.29, 0.717) is 25.0 Å². The van der Waals surface area contributed by atoms with Gasteiger partial charge in [-0.15, -0.1) is 0 Å². The van der Waals surface area contributed by atoms with Gasteiger partial charge in [-0.05, 0) is 72.3 Å². The van der Waals surface area contributed by atoms with Gasteiger partial charge in [-0.3, -0.25) is 14.4 Å². The van der Waals surface area contributed by atoms with Crippen LogP contribution in [0.5, 0.6) is 0 Å². The summed E-state index contributed by atoms with van der Waals surface area (Å²) in [5, 5.41) is 9.38. The van der Waals surface area contributed by atoms with Gasteiger partial charge in [-0.25, -0.2) is 4.79 Å². The Balaban J connectivity index is 1.79. The molecule has 0 aromatic rings. The monoisotopic (exact) mass is 568 g/mol. The Morgan fingerprint density at radius 2 is 1.71 bits per heavy atom. The molecule has 8 atom stereocenters. The predicted molar refractivity (Wildman–Crippen MR) is 156 cm³/mol. The molecule has 0 saturated heterocycles. The number of carbonyl (C=O) groups excluding carboxylic acids is 3. The van der Waals surface area contributed by atoms with E-state index in [-0.39, 0.29) is 46.2 Å². The molecule has 7 heteroatoms. The maximum Gasteiger partial charge on any atom is 0.330 e. The normalized spacial score (nSPS) is 37.4. The van der Waals surface area contributed by atoms with Crippen LogP contribution in [0.25, 0.3) is 0 Å². The lowest BCUT2D eigenvalue weighted by molar-refractivity contribution is -0.153. The first-order chi connectivity index (χ1) is 18.9. The number of ketones is 1. The third-order valence-corrected chi connectivity index (χ3v) is 11.9. The molecule has 41 heavy (non-hydrogen) atoms. The van der Waals surface area contributed by atoms with E-state index in [1.54, 1.807) is 13.0 Å². The standard InChI is InChI=1S/C34H48O7/c1-19(30(38)39)10-12-26(40-21(3)35)20(2)25-18-29(41-22(4)36)34(9)24-11-13-27-31(5,6)28(37)15-16-32(27,7)23(24)14-17-33(25,34)8/h10-11,14,20,25-27,29H,12-13,15-18H2,1-9H3,(H,38,39). The average molecular weight is 569 g/mol. The van der Waals surface area contributed by atoms with Crippen LogP contribution >= 0.6 is 0 Å². The zero-order valence-electron chi connectivity index (χ0n) is 26.3. The van der Waals surface area contributed by atoms with Gasteiger partial charge in [0.05, 0.1) is 0 Å². The van der Waals surface area contributed by atoms with Crippen molar-refractivity contribution in [2.24, 2.45) is 39.4 Å². The summed E-state index contributed by atoms with van der Waals surface area (Å²) in [5.74, 6) is -1.25. The number of esters is 2. The van der Waals surface area contributed by atoms with Gasteiger partial charge < -0.3 is 14.6 Å². The van der Waals surface area contributed by atoms with Crippen molar-refractivity contribution < 1.29 is 33.8 Å². The van der Waals surface area contributed by atoms with Gasteiger partial charge in [-0.2, -0.15) is 0 Å². The highest BCUT2D eigenvalue weighted by molar-refractivity contribution is 5.86. The average Bonchev–Trinajstić information content (AvgIpc) is 3.10. The van der Waals surface area contributed by atoms with Crippen LogP contribution in [-0.2, 0) is 28.7 Å². The van der Waals surface area contributed by atoms with Crippen molar-refractivity contribution in [1.29, 1.82) is 0 Å². The van der Waals surface area contributed by atoms with Gasteiger partial charge in [0.25, 0.3) is 0 Å². The van der Waals surface area contributed by atoms with Crippen molar-refractivity contribution in [3.05, 3.63) is 34.9 Å². The number of allylic oxidation sites excluding steroid dienone is 3. The number of carbonyl (C=O) groups is 4. The van der Waals surface area contributed by atoms with Gasteiger partial charge in [-0.1, -0.05) is 59.8 Å². The third kappa shape index (κ3) is 4.81. The Morgan fingerprint density at radius 3 is 2.29 bits per heavy atom. The van der Waals surface area contributed by atoms with Crippen molar-refractivity contribution in [1.82, 2.24) is 0 Å². The Hall–Kier alpha value is -2.70. The maximum atomic E-state index is 13.0. The number of carboxylic acid groups (broad SMARTS) is 1. The molecule has 0 aliphatic heterocycles. The number of rotatable bonds is 7. The minimum atomic E-state index is -0.997. The highest BCUT2D eigenvalue weighted by Crippen LogP contribution is 2.72. The lowest BCUT2D eigenvalue weighted by Gasteiger charge is -2.60. The van der Waals surface area contributed by atoms with Crippen LogP contribution in [0.3, 0.4) is 0 Å². The second kappa shape index (κ2) is 10.5. The molecule has 2 fully saturated rings. The number of aliphatic carboxylic acids is 1. The first kappa shape index (κ1) is 31.2. The van der Waals surface area contributed by atoms with Crippen LogP contribution in [0.2, 0.25) is 0 Å². The first-order valence-corrected chi connectivity index (χ1v) is 15.1. The van der Waals surface area contributed by atoms with E-state index in [0.717, 1.165) is 19.3 Å². The Kier molecular flexibility index (Phi) is 8.03. The molecule has 0 aromatic heterocycles. The zero-order chi connectivity index (χ0) is 30.7. The molecule has 8 unspecified atom stereocenters. The number of hydrogen-bond acceptors (Lipinski definition) is 6. The molecule has 0 heterocycles. The summed E-state index contributed by atoms with van der Waals surface area (Å²) in [7, 11) is 0. The molecular weight excluding hydrogens is 520 g/mol. The van der Waals surface area contributed by atoms with Crippen molar-refractivity contribution in [3.8, 4) is 0 Å². The summed E-state index contributed by atoms with van der Waals surface area (Å²) >= 11 is 0. The number of carboxylic acids is 1. The first-order valence-electron chi connectivity index (χ1n) is 15.1. The fraction of sp³-hybridized carbons (Fsp3) is 0.706. The number of hydrogen-bond donors (Lipinski definition) is 1.